The van der Waals surface area contributed by atoms with Crippen LogP contribution in [0.2, 0.25) is 0 Å². The number of nitrogens with one attached hydrogen (secondary N) is 1. The van der Waals surface area contributed by atoms with Crippen molar-refractivity contribution in [3.05, 3.63) is 81.1 Å². The van der Waals surface area contributed by atoms with E-state index < -0.39 is 34.6 Å². The molecule has 0 fully saturated rings. The van der Waals surface area contributed by atoms with Crippen molar-refractivity contribution >= 4 is 39.0 Å². The van der Waals surface area contributed by atoms with Crippen molar-refractivity contribution in [1.82, 2.24) is 9.78 Å². The Morgan fingerprint density at radius 2 is 1.85 bits per heavy atom. The van der Waals surface area contributed by atoms with Crippen molar-refractivity contribution in [3.63, 3.8) is 0 Å². The molecule has 0 atom stereocenters. The molecule has 8 nitrogen and oxygen atoms in total. The van der Waals surface area contributed by atoms with E-state index in [0.717, 1.165) is 34.2 Å². The molecule has 11 heteroatoms. The van der Waals surface area contributed by atoms with Crippen LogP contribution in [-0.2, 0) is 4.74 Å². The molecule has 0 unspecified atom stereocenters. The largest absolute Gasteiger partial charge is 0.497 e. The first-order chi connectivity index (χ1) is 16.3. The van der Waals surface area contributed by atoms with Crippen molar-refractivity contribution in [1.29, 1.82) is 0 Å². The number of methoxy groups -OCH3 is 1. The van der Waals surface area contributed by atoms with Crippen molar-refractivity contribution in [3.8, 4) is 11.4 Å². The van der Waals surface area contributed by atoms with Gasteiger partial charge in [0, 0.05) is 16.8 Å². The third-order valence-corrected chi connectivity index (χ3v) is 5.73. The molecule has 4 aromatic rings. The van der Waals surface area contributed by atoms with Crippen molar-refractivity contribution < 1.29 is 27.8 Å². The fraction of sp³-hybridized carbons (Fsp3) is 0.130. The molecule has 34 heavy (non-hydrogen) atoms. The Morgan fingerprint density at radius 3 is 2.53 bits per heavy atom. The minimum Gasteiger partial charge on any atom is -0.497 e. The molecule has 0 saturated carbocycles. The number of rotatable bonds is 6. The zero-order valence-corrected chi connectivity index (χ0v) is 18.7. The predicted octanol–water partition coefficient (Wildman–Crippen LogP) is 4.16. The van der Waals surface area contributed by atoms with E-state index in [4.69, 9.17) is 9.47 Å². The summed E-state index contributed by atoms with van der Waals surface area (Å²) < 4.78 is 39.4. The molecule has 2 heterocycles. The average Bonchev–Trinajstić information content (AvgIpc) is 3.23. The second kappa shape index (κ2) is 9.40. The number of thiophene rings is 1. The molecule has 2 aromatic heterocycles. The van der Waals surface area contributed by atoms with Crippen LogP contribution in [0.25, 0.3) is 16.5 Å². The van der Waals surface area contributed by atoms with Crippen LogP contribution in [0.4, 0.5) is 13.8 Å². The summed E-state index contributed by atoms with van der Waals surface area (Å²) in [6.45, 7) is 1.69. The summed E-state index contributed by atoms with van der Waals surface area (Å²) in [6.07, 6.45) is 0. The highest BCUT2D eigenvalue weighted by molar-refractivity contribution is 7.16. The van der Waals surface area contributed by atoms with Crippen LogP contribution in [-0.4, -0.2) is 35.4 Å². The maximum atomic E-state index is 14.1. The lowest BCUT2D eigenvalue weighted by atomic mass is 10.1. The number of carbonyl (C=O) groups is 2. The summed E-state index contributed by atoms with van der Waals surface area (Å²) in [4.78, 5) is 38.7. The van der Waals surface area contributed by atoms with Gasteiger partial charge in [-0.25, -0.2) is 13.6 Å². The van der Waals surface area contributed by atoms with Gasteiger partial charge in [0.1, 0.15) is 27.9 Å². The van der Waals surface area contributed by atoms with Gasteiger partial charge in [-0.15, -0.1) is 11.3 Å². The van der Waals surface area contributed by atoms with E-state index in [1.807, 2.05) is 0 Å². The summed E-state index contributed by atoms with van der Waals surface area (Å²) in [5.41, 5.74) is -1.33. The first-order valence-corrected chi connectivity index (χ1v) is 10.8. The Hall–Kier alpha value is -4.12. The van der Waals surface area contributed by atoms with Crippen molar-refractivity contribution in [2.24, 2.45) is 0 Å². The molecule has 0 radical (unpaired) electrons. The first-order valence-electron chi connectivity index (χ1n) is 9.97. The number of hydrogen-bond acceptors (Lipinski definition) is 7. The van der Waals surface area contributed by atoms with Gasteiger partial charge < -0.3 is 14.8 Å². The Balaban J connectivity index is 1.91. The molecule has 0 bridgehead atoms. The van der Waals surface area contributed by atoms with Gasteiger partial charge in [-0.1, -0.05) is 12.1 Å². The topological polar surface area (TPSA) is 99.5 Å². The molecular formula is C23H17F2N3O5S. The molecule has 0 aliphatic rings. The molecule has 0 aliphatic carbocycles. The molecule has 174 valence electrons. The standard InChI is InChI=1S/C23H17F2N3O5S/c1-3-33-23(31)19-14-11-34-21(26-20(29)18-15(24)8-5-9-16(18)25)17(14)22(30)28(27-19)12-6-4-7-13(10-12)32-2/h4-11H,3H2,1-2H3,(H,26,29). The predicted molar refractivity (Wildman–Crippen MR) is 122 cm³/mol. The monoisotopic (exact) mass is 485 g/mol. The number of carbonyl (C=O) groups excluding carboxylic acids is 2. The van der Waals surface area contributed by atoms with Crippen LogP contribution in [0.3, 0.4) is 0 Å². The SMILES string of the molecule is CCOC(=O)c1nn(-c2cccc(OC)c2)c(=O)c2c(NC(=O)c3c(F)cccc3F)scc12. The van der Waals surface area contributed by atoms with Gasteiger partial charge in [-0.2, -0.15) is 9.78 Å². The molecule has 1 N–H and O–H groups in total. The lowest BCUT2D eigenvalue weighted by Crippen LogP contribution is -2.25. The minimum atomic E-state index is -1.08. The Labute approximate surface area is 195 Å². The third-order valence-electron chi connectivity index (χ3n) is 4.84. The lowest BCUT2D eigenvalue weighted by molar-refractivity contribution is 0.0520. The lowest BCUT2D eigenvalue weighted by Gasteiger charge is -2.11. The molecule has 0 aliphatic heterocycles. The van der Waals surface area contributed by atoms with Gasteiger partial charge in [0.2, 0.25) is 0 Å². The zero-order chi connectivity index (χ0) is 24.4. The van der Waals surface area contributed by atoms with Crippen molar-refractivity contribution in [2.75, 3.05) is 19.0 Å². The summed E-state index contributed by atoms with van der Waals surface area (Å²) >= 11 is 0.910. The summed E-state index contributed by atoms with van der Waals surface area (Å²) in [6, 6.07) is 9.44. The second-order valence-electron chi connectivity index (χ2n) is 6.89. The smallest absolute Gasteiger partial charge is 0.359 e. The number of benzene rings is 2. The number of nitrogens with zero attached hydrogens (tertiary/aromatic N) is 2. The zero-order valence-electron chi connectivity index (χ0n) is 17.9. The van der Waals surface area contributed by atoms with Gasteiger partial charge in [-0.05, 0) is 31.2 Å². The van der Waals surface area contributed by atoms with E-state index in [1.165, 1.54) is 18.6 Å². The summed E-state index contributed by atoms with van der Waals surface area (Å²) in [5, 5.41) is 8.09. The number of ether oxygens (including phenoxy) is 2. The highest BCUT2D eigenvalue weighted by atomic mass is 32.1. The summed E-state index contributed by atoms with van der Waals surface area (Å²) in [7, 11) is 1.46. The van der Waals surface area contributed by atoms with E-state index >= 15 is 0 Å². The molecular weight excluding hydrogens is 468 g/mol. The molecule has 2 aromatic carbocycles. The maximum Gasteiger partial charge on any atom is 0.359 e. The first kappa shape index (κ1) is 23.1. The van der Waals surface area contributed by atoms with Crippen LogP contribution in [0.1, 0.15) is 27.8 Å². The van der Waals surface area contributed by atoms with E-state index in [-0.39, 0.29) is 28.1 Å². The number of halogens is 2. The molecule has 1 amide bonds. The minimum absolute atomic E-state index is 0.00255. The van der Waals surface area contributed by atoms with Crippen LogP contribution < -0.4 is 15.6 Å². The fourth-order valence-corrected chi connectivity index (χ4v) is 4.22. The maximum absolute atomic E-state index is 14.1. The molecule has 0 spiro atoms. The van der Waals surface area contributed by atoms with E-state index in [9.17, 15) is 23.2 Å². The average molecular weight is 485 g/mol. The van der Waals surface area contributed by atoms with E-state index in [0.29, 0.717) is 11.4 Å². The van der Waals surface area contributed by atoms with Crippen molar-refractivity contribution in [2.45, 2.75) is 6.92 Å². The Kier molecular flexibility index (Phi) is 6.37. The summed E-state index contributed by atoms with van der Waals surface area (Å²) in [5.74, 6) is -3.53. The quantitative estimate of drug-likeness (QED) is 0.412. The number of aromatic nitrogens is 2. The highest BCUT2D eigenvalue weighted by Crippen LogP contribution is 2.31. The Morgan fingerprint density at radius 1 is 1.15 bits per heavy atom. The van der Waals surface area contributed by atoms with Gasteiger partial charge in [-0.3, -0.25) is 9.59 Å². The van der Waals surface area contributed by atoms with Gasteiger partial charge >= 0.3 is 5.97 Å². The number of anilines is 1. The Bertz CT molecular complexity index is 1460. The van der Waals surface area contributed by atoms with Gasteiger partial charge in [0.05, 0.1) is 24.8 Å². The normalized spacial score (nSPS) is 10.8. The van der Waals surface area contributed by atoms with Crippen LogP contribution in [0.5, 0.6) is 5.75 Å². The van der Waals surface area contributed by atoms with E-state index in [1.54, 1.807) is 25.1 Å². The number of hydrogen-bond donors (Lipinski definition) is 1. The molecule has 4 rings (SSSR count). The molecule has 0 saturated heterocycles. The van der Waals surface area contributed by atoms with Crippen LogP contribution >= 0.6 is 11.3 Å². The highest BCUT2D eigenvalue weighted by Gasteiger charge is 2.25. The van der Waals surface area contributed by atoms with Crippen LogP contribution in [0.15, 0.2) is 52.6 Å². The number of amides is 1. The van der Waals surface area contributed by atoms with Gasteiger partial charge in [0.25, 0.3) is 11.5 Å². The third kappa shape index (κ3) is 4.13. The second-order valence-corrected chi connectivity index (χ2v) is 7.77. The number of esters is 1. The fourth-order valence-electron chi connectivity index (χ4n) is 3.29. The van der Waals surface area contributed by atoms with Crippen LogP contribution in [0, 0.1) is 11.6 Å². The van der Waals surface area contributed by atoms with E-state index in [2.05, 4.69) is 10.4 Å². The number of fused-ring (bicyclic) bond motifs is 1. The van der Waals surface area contributed by atoms with Gasteiger partial charge in [0.15, 0.2) is 5.69 Å².